The lowest BCUT2D eigenvalue weighted by atomic mass is 10.0. The summed E-state index contributed by atoms with van der Waals surface area (Å²) in [6, 6.07) is 0. The van der Waals surface area contributed by atoms with E-state index in [0.29, 0.717) is 5.57 Å². The van der Waals surface area contributed by atoms with Crippen LogP contribution in [0.1, 0.15) is 65.2 Å². The Morgan fingerprint density at radius 2 is 1.78 bits per heavy atom. The number of hydrogen-bond acceptors (Lipinski definition) is 3. The van der Waals surface area contributed by atoms with Crippen molar-refractivity contribution in [2.24, 2.45) is 0 Å². The predicted octanol–water partition coefficient (Wildman–Crippen LogP) is 3.36. The summed E-state index contributed by atoms with van der Waals surface area (Å²) in [6.45, 7) is 3.94. The van der Waals surface area contributed by atoms with Crippen molar-refractivity contribution in [1.29, 1.82) is 0 Å². The van der Waals surface area contributed by atoms with Gasteiger partial charge in [0.05, 0.1) is 5.57 Å². The van der Waals surface area contributed by atoms with Crippen molar-refractivity contribution >= 4 is 5.97 Å². The first-order valence-electron chi connectivity index (χ1n) is 7.26. The number of carbonyl (C=O) groups excluding carboxylic acids is 1. The maximum Gasteiger partial charge on any atom is 0.336 e. The molecule has 0 aromatic carbocycles. The molecule has 0 aromatic heterocycles. The van der Waals surface area contributed by atoms with Crippen molar-refractivity contribution in [3.05, 3.63) is 11.6 Å². The van der Waals surface area contributed by atoms with Gasteiger partial charge in [-0.1, -0.05) is 51.5 Å². The van der Waals surface area contributed by atoms with Gasteiger partial charge in [0, 0.05) is 0 Å². The second-order valence-corrected chi connectivity index (χ2v) is 5.12. The number of aliphatic hydroxyl groups is 1. The van der Waals surface area contributed by atoms with E-state index in [4.69, 9.17) is 4.74 Å². The van der Waals surface area contributed by atoms with Crippen LogP contribution in [0.5, 0.6) is 0 Å². The number of unbranched alkanes of at least 4 members (excludes halogenated alkanes) is 7. The van der Waals surface area contributed by atoms with Gasteiger partial charge >= 0.3 is 5.97 Å². The van der Waals surface area contributed by atoms with Crippen LogP contribution in [0, 0.1) is 0 Å². The molecule has 3 nitrogen and oxygen atoms in total. The fourth-order valence-electron chi connectivity index (χ4n) is 2.24. The minimum atomic E-state index is -0.734. The zero-order chi connectivity index (χ0) is 13.4. The third-order valence-corrected chi connectivity index (χ3v) is 3.46. The molecule has 0 radical (unpaired) electrons. The fraction of sp³-hybridized carbons (Fsp3) is 0.800. The Kier molecular flexibility index (Phi) is 7.02. The van der Waals surface area contributed by atoms with Gasteiger partial charge in [-0.2, -0.15) is 0 Å². The van der Waals surface area contributed by atoms with Crippen molar-refractivity contribution < 1.29 is 14.6 Å². The number of rotatable bonds is 8. The second-order valence-electron chi connectivity index (χ2n) is 5.12. The number of carbonyl (C=O) groups is 1. The monoisotopic (exact) mass is 254 g/mol. The molecule has 0 bridgehead atoms. The third kappa shape index (κ3) is 4.81. The highest BCUT2D eigenvalue weighted by atomic mass is 16.6. The van der Waals surface area contributed by atoms with E-state index in [0.717, 1.165) is 12.8 Å². The highest BCUT2D eigenvalue weighted by Gasteiger charge is 2.34. The van der Waals surface area contributed by atoms with Crippen molar-refractivity contribution in [1.82, 2.24) is 0 Å². The lowest BCUT2D eigenvalue weighted by Gasteiger charge is -2.04. The van der Waals surface area contributed by atoms with Crippen LogP contribution in [0.15, 0.2) is 11.6 Å². The van der Waals surface area contributed by atoms with Gasteiger partial charge in [-0.15, -0.1) is 0 Å². The minimum absolute atomic E-state index is 0.349. The first-order chi connectivity index (χ1) is 8.66. The van der Waals surface area contributed by atoms with Crippen LogP contribution in [0.2, 0.25) is 0 Å². The summed E-state index contributed by atoms with van der Waals surface area (Å²) in [5.74, 6) is -0.349. The van der Waals surface area contributed by atoms with Crippen molar-refractivity contribution in [2.45, 2.75) is 77.4 Å². The summed E-state index contributed by atoms with van der Waals surface area (Å²) in [7, 11) is 0. The molecule has 18 heavy (non-hydrogen) atoms. The van der Waals surface area contributed by atoms with Gasteiger partial charge in [-0.3, -0.25) is 0 Å². The normalized spacial score (nSPS) is 25.7. The Labute approximate surface area is 110 Å². The van der Waals surface area contributed by atoms with Gasteiger partial charge in [-0.25, -0.2) is 4.79 Å². The topological polar surface area (TPSA) is 46.5 Å². The molecule has 104 valence electrons. The molecule has 0 amide bonds. The van der Waals surface area contributed by atoms with Gasteiger partial charge in [0.1, 0.15) is 12.2 Å². The summed E-state index contributed by atoms with van der Waals surface area (Å²) in [5, 5.41) is 9.71. The molecule has 2 atom stereocenters. The summed E-state index contributed by atoms with van der Waals surface area (Å²) in [4.78, 5) is 11.4. The van der Waals surface area contributed by atoms with E-state index in [1.807, 2.05) is 6.08 Å². The number of hydrogen-bond donors (Lipinski definition) is 1. The fourth-order valence-corrected chi connectivity index (χ4v) is 2.24. The first-order valence-corrected chi connectivity index (χ1v) is 7.26. The standard InChI is InChI=1S/C15H26O3/c1-3-4-5-6-7-8-9-10-11-13-14(16)12(2)18-15(13)17/h11-12,14,16H,3-10H2,1-2H3/b13-11+/t12?,14-/m1/s1. The van der Waals surface area contributed by atoms with E-state index in [2.05, 4.69) is 6.92 Å². The zero-order valence-electron chi connectivity index (χ0n) is 11.7. The maximum atomic E-state index is 11.4. The third-order valence-electron chi connectivity index (χ3n) is 3.46. The summed E-state index contributed by atoms with van der Waals surface area (Å²) in [6.07, 6.45) is 10.4. The predicted molar refractivity (Wildman–Crippen MR) is 72.3 cm³/mol. The average molecular weight is 254 g/mol. The molecule has 1 unspecified atom stereocenters. The first kappa shape index (κ1) is 15.2. The lowest BCUT2D eigenvalue weighted by molar-refractivity contribution is -0.138. The molecule has 0 aromatic rings. The van der Waals surface area contributed by atoms with Gasteiger partial charge in [0.2, 0.25) is 0 Å². The maximum absolute atomic E-state index is 11.4. The molecular formula is C15H26O3. The largest absolute Gasteiger partial charge is 0.456 e. The molecule has 1 N–H and O–H groups in total. The number of cyclic esters (lactones) is 1. The number of aliphatic hydroxyl groups excluding tert-OH is 1. The van der Waals surface area contributed by atoms with E-state index in [1.54, 1.807) is 6.92 Å². The summed E-state index contributed by atoms with van der Waals surface area (Å²) in [5.41, 5.74) is 0.452. The van der Waals surface area contributed by atoms with Gasteiger partial charge in [-0.05, 0) is 19.8 Å². The van der Waals surface area contributed by atoms with Crippen molar-refractivity contribution in [3.63, 3.8) is 0 Å². The van der Waals surface area contributed by atoms with E-state index in [9.17, 15) is 9.90 Å². The van der Waals surface area contributed by atoms with Crippen LogP contribution in [-0.2, 0) is 9.53 Å². The van der Waals surface area contributed by atoms with Crippen LogP contribution in [0.25, 0.3) is 0 Å². The quantitative estimate of drug-likeness (QED) is 0.410. The highest BCUT2D eigenvalue weighted by molar-refractivity contribution is 5.92. The van der Waals surface area contributed by atoms with E-state index < -0.39 is 12.2 Å². The molecule has 0 aliphatic carbocycles. The Balaban J connectivity index is 2.11. The van der Waals surface area contributed by atoms with Crippen molar-refractivity contribution in [3.8, 4) is 0 Å². The lowest BCUT2D eigenvalue weighted by Crippen LogP contribution is -2.17. The molecule has 1 heterocycles. The molecule has 1 aliphatic heterocycles. The molecule has 0 saturated carbocycles. The SMILES string of the molecule is CCCCCCCCC/C=C1/C(=O)OC(C)[C@H]1O. The second kappa shape index (κ2) is 8.30. The molecular weight excluding hydrogens is 228 g/mol. The zero-order valence-corrected chi connectivity index (χ0v) is 11.7. The molecule has 1 rings (SSSR count). The summed E-state index contributed by atoms with van der Waals surface area (Å²) >= 11 is 0. The minimum Gasteiger partial charge on any atom is -0.456 e. The van der Waals surface area contributed by atoms with E-state index in [-0.39, 0.29) is 5.97 Å². The molecule has 1 aliphatic rings. The van der Waals surface area contributed by atoms with E-state index >= 15 is 0 Å². The highest BCUT2D eigenvalue weighted by Crippen LogP contribution is 2.21. The van der Waals surface area contributed by atoms with Crippen LogP contribution in [-0.4, -0.2) is 23.3 Å². The molecule has 3 heteroatoms. The Bertz CT molecular complexity index is 283. The molecule has 1 fully saturated rings. The van der Waals surface area contributed by atoms with Crippen LogP contribution < -0.4 is 0 Å². The Morgan fingerprint density at radius 3 is 2.33 bits per heavy atom. The number of esters is 1. The molecule has 0 spiro atoms. The van der Waals surface area contributed by atoms with Gasteiger partial charge in [0.15, 0.2) is 0 Å². The van der Waals surface area contributed by atoms with Gasteiger partial charge < -0.3 is 9.84 Å². The smallest absolute Gasteiger partial charge is 0.336 e. The Morgan fingerprint density at radius 1 is 1.17 bits per heavy atom. The van der Waals surface area contributed by atoms with Crippen LogP contribution in [0.4, 0.5) is 0 Å². The van der Waals surface area contributed by atoms with E-state index in [1.165, 1.54) is 38.5 Å². The number of allylic oxidation sites excluding steroid dienone is 1. The van der Waals surface area contributed by atoms with Crippen LogP contribution in [0.3, 0.4) is 0 Å². The average Bonchev–Trinajstić information content (AvgIpc) is 2.58. The van der Waals surface area contributed by atoms with Crippen molar-refractivity contribution in [2.75, 3.05) is 0 Å². The van der Waals surface area contributed by atoms with Gasteiger partial charge in [0.25, 0.3) is 0 Å². The van der Waals surface area contributed by atoms with Crippen LogP contribution >= 0.6 is 0 Å². The molecule has 1 saturated heterocycles. The Hall–Kier alpha value is -0.830. The summed E-state index contributed by atoms with van der Waals surface area (Å²) < 4.78 is 4.95. The number of ether oxygens (including phenoxy) is 1.